The molecular weight excluding hydrogens is 442 g/mol. The first-order valence-electron chi connectivity index (χ1n) is 12.1. The van der Waals surface area contributed by atoms with Crippen LogP contribution in [0.5, 0.6) is 0 Å². The molecular formula is C33H25NS. The quantitative estimate of drug-likeness (QED) is 0.250. The summed E-state index contributed by atoms with van der Waals surface area (Å²) in [7, 11) is 0. The van der Waals surface area contributed by atoms with Gasteiger partial charge in [0.1, 0.15) is 0 Å². The summed E-state index contributed by atoms with van der Waals surface area (Å²) in [5, 5.41) is 2.74. The molecule has 0 fully saturated rings. The molecule has 168 valence electrons. The zero-order chi connectivity index (χ0) is 23.6. The molecule has 1 nitrogen and oxygen atoms in total. The molecule has 0 atom stereocenters. The van der Waals surface area contributed by atoms with Crippen LogP contribution < -0.4 is 4.90 Å². The molecule has 0 saturated heterocycles. The van der Waals surface area contributed by atoms with E-state index in [1.54, 1.807) is 0 Å². The maximum atomic E-state index is 2.45. The van der Waals surface area contributed by atoms with Crippen LogP contribution in [-0.4, -0.2) is 0 Å². The van der Waals surface area contributed by atoms with Gasteiger partial charge >= 0.3 is 0 Å². The minimum atomic E-state index is -0.0725. The third kappa shape index (κ3) is 3.07. The molecule has 0 spiro atoms. The van der Waals surface area contributed by atoms with E-state index in [2.05, 4.69) is 134 Å². The smallest absolute Gasteiger partial charge is 0.0465 e. The van der Waals surface area contributed by atoms with Gasteiger partial charge in [0.05, 0.1) is 0 Å². The molecule has 1 heterocycles. The molecule has 1 aliphatic rings. The van der Waals surface area contributed by atoms with E-state index in [-0.39, 0.29) is 5.41 Å². The minimum Gasteiger partial charge on any atom is -0.310 e. The molecule has 1 aromatic heterocycles. The number of hydrogen-bond acceptors (Lipinski definition) is 2. The Bertz CT molecular complexity index is 1670. The van der Waals surface area contributed by atoms with Gasteiger partial charge in [0.2, 0.25) is 0 Å². The third-order valence-corrected chi connectivity index (χ3v) is 8.58. The highest BCUT2D eigenvalue weighted by Crippen LogP contribution is 2.53. The maximum Gasteiger partial charge on any atom is 0.0465 e. The van der Waals surface area contributed by atoms with Crippen LogP contribution in [0.2, 0.25) is 0 Å². The van der Waals surface area contributed by atoms with Gasteiger partial charge in [-0.05, 0) is 76.9 Å². The molecule has 0 aliphatic heterocycles. The van der Waals surface area contributed by atoms with Gasteiger partial charge in [-0.1, -0.05) is 74.5 Å². The highest BCUT2D eigenvalue weighted by atomic mass is 32.1. The Morgan fingerprint density at radius 3 is 1.86 bits per heavy atom. The van der Waals surface area contributed by atoms with Crippen molar-refractivity contribution in [3.63, 3.8) is 0 Å². The second-order valence-electron chi connectivity index (χ2n) is 9.85. The van der Waals surface area contributed by atoms with Crippen LogP contribution in [0.4, 0.5) is 17.1 Å². The van der Waals surface area contributed by atoms with Crippen molar-refractivity contribution in [2.45, 2.75) is 19.3 Å². The van der Waals surface area contributed by atoms with E-state index >= 15 is 0 Å². The monoisotopic (exact) mass is 467 g/mol. The summed E-state index contributed by atoms with van der Waals surface area (Å²) in [6.07, 6.45) is 0. The molecule has 2 heteroatoms. The zero-order valence-corrected chi connectivity index (χ0v) is 20.6. The molecule has 7 rings (SSSR count). The van der Waals surface area contributed by atoms with Crippen LogP contribution in [0.3, 0.4) is 0 Å². The Hall–Kier alpha value is -3.88. The van der Waals surface area contributed by atoms with Crippen LogP contribution in [0.15, 0.2) is 115 Å². The van der Waals surface area contributed by atoms with Gasteiger partial charge in [-0.15, -0.1) is 11.3 Å². The van der Waals surface area contributed by atoms with E-state index in [0.29, 0.717) is 0 Å². The van der Waals surface area contributed by atoms with Gasteiger partial charge in [-0.2, -0.15) is 0 Å². The van der Waals surface area contributed by atoms with Crippen LogP contribution in [0.25, 0.3) is 31.3 Å². The van der Waals surface area contributed by atoms with Crippen molar-refractivity contribution < 1.29 is 0 Å². The number of nitrogens with zero attached hydrogens (tertiary/aromatic N) is 1. The second kappa shape index (κ2) is 7.56. The normalized spacial score (nSPS) is 13.7. The number of hydrogen-bond donors (Lipinski definition) is 0. The fourth-order valence-electron chi connectivity index (χ4n) is 5.68. The average molecular weight is 468 g/mol. The Balaban J connectivity index is 1.43. The Morgan fingerprint density at radius 2 is 1.14 bits per heavy atom. The number of rotatable bonds is 3. The molecule has 35 heavy (non-hydrogen) atoms. The fourth-order valence-corrected chi connectivity index (χ4v) is 6.81. The number of anilines is 3. The van der Waals surface area contributed by atoms with Gasteiger partial charge in [0.25, 0.3) is 0 Å². The topological polar surface area (TPSA) is 3.24 Å². The molecule has 0 amide bonds. The first-order valence-corrected chi connectivity index (χ1v) is 12.9. The SMILES string of the molecule is CC1(C)c2cc(N(c3ccccc3)c3ccccc3)ccc2-c2cc3sc4ccccc4c3cc21. The summed E-state index contributed by atoms with van der Waals surface area (Å²) >= 11 is 1.90. The molecule has 0 bridgehead atoms. The molecule has 6 aromatic rings. The zero-order valence-electron chi connectivity index (χ0n) is 19.8. The van der Waals surface area contributed by atoms with E-state index in [0.717, 1.165) is 0 Å². The molecule has 5 aromatic carbocycles. The van der Waals surface area contributed by atoms with Gasteiger partial charge in [0.15, 0.2) is 0 Å². The Labute approximate surface area is 209 Å². The van der Waals surface area contributed by atoms with Crippen LogP contribution in [0.1, 0.15) is 25.0 Å². The van der Waals surface area contributed by atoms with Crippen LogP contribution in [0, 0.1) is 0 Å². The molecule has 0 unspecified atom stereocenters. The molecule has 0 N–H and O–H groups in total. The van der Waals surface area contributed by atoms with Gasteiger partial charge in [0, 0.05) is 42.6 Å². The maximum absolute atomic E-state index is 2.45. The lowest BCUT2D eigenvalue weighted by Gasteiger charge is -2.28. The summed E-state index contributed by atoms with van der Waals surface area (Å²) in [5.41, 5.74) is 9.00. The van der Waals surface area contributed by atoms with E-state index in [4.69, 9.17) is 0 Å². The van der Waals surface area contributed by atoms with Crippen LogP contribution in [-0.2, 0) is 5.41 Å². The van der Waals surface area contributed by atoms with Crippen molar-refractivity contribution in [2.75, 3.05) is 4.90 Å². The van der Waals surface area contributed by atoms with Crippen LogP contribution >= 0.6 is 11.3 Å². The standard InChI is InChI=1S/C33H25NS/c1-33(2)29-19-24(34(22-11-5-3-6-12-22)23-13-7-4-8-14-23)17-18-25(29)27-21-32-28(20-30(27)33)26-15-9-10-16-31(26)35-32/h3-21H,1-2H3. The first-order chi connectivity index (χ1) is 17.1. The predicted octanol–water partition coefficient (Wildman–Crippen LogP) is 9.83. The summed E-state index contributed by atoms with van der Waals surface area (Å²) in [6.45, 7) is 4.74. The van der Waals surface area contributed by atoms with Gasteiger partial charge < -0.3 is 4.90 Å². The summed E-state index contributed by atoms with van der Waals surface area (Å²) in [6, 6.07) is 42.0. The molecule has 1 aliphatic carbocycles. The van der Waals surface area contributed by atoms with Crippen molar-refractivity contribution in [3.8, 4) is 11.1 Å². The van der Waals surface area contributed by atoms with Crippen molar-refractivity contribution in [3.05, 3.63) is 126 Å². The number of benzene rings is 5. The van der Waals surface area contributed by atoms with Gasteiger partial charge in [-0.3, -0.25) is 0 Å². The lowest BCUT2D eigenvalue weighted by molar-refractivity contribution is 0.661. The lowest BCUT2D eigenvalue weighted by Crippen LogP contribution is -2.16. The highest BCUT2D eigenvalue weighted by molar-refractivity contribution is 7.25. The van der Waals surface area contributed by atoms with Crippen molar-refractivity contribution >= 4 is 48.6 Å². The van der Waals surface area contributed by atoms with E-state index in [1.165, 1.54) is 59.5 Å². The first kappa shape index (κ1) is 20.5. The van der Waals surface area contributed by atoms with E-state index in [1.807, 2.05) is 11.3 Å². The average Bonchev–Trinajstić information content (AvgIpc) is 3.36. The lowest BCUT2D eigenvalue weighted by atomic mass is 9.82. The second-order valence-corrected chi connectivity index (χ2v) is 10.9. The number of thiophene rings is 1. The van der Waals surface area contributed by atoms with Gasteiger partial charge in [-0.25, -0.2) is 0 Å². The third-order valence-electron chi connectivity index (χ3n) is 7.44. The summed E-state index contributed by atoms with van der Waals surface area (Å²) < 4.78 is 2.73. The van der Waals surface area contributed by atoms with Crippen molar-refractivity contribution in [2.24, 2.45) is 0 Å². The number of para-hydroxylation sites is 2. The summed E-state index contributed by atoms with van der Waals surface area (Å²) in [4.78, 5) is 2.35. The summed E-state index contributed by atoms with van der Waals surface area (Å²) in [5.74, 6) is 0. The fraction of sp³-hybridized carbons (Fsp3) is 0.0909. The molecule has 0 radical (unpaired) electrons. The van der Waals surface area contributed by atoms with Crippen molar-refractivity contribution in [1.29, 1.82) is 0 Å². The van der Waals surface area contributed by atoms with Crippen molar-refractivity contribution in [1.82, 2.24) is 0 Å². The predicted molar refractivity (Wildman–Crippen MR) is 152 cm³/mol. The largest absolute Gasteiger partial charge is 0.310 e. The minimum absolute atomic E-state index is 0.0725. The Morgan fingerprint density at radius 1 is 0.514 bits per heavy atom. The van der Waals surface area contributed by atoms with E-state index < -0.39 is 0 Å². The molecule has 0 saturated carbocycles. The Kier molecular flexibility index (Phi) is 4.43. The highest BCUT2D eigenvalue weighted by Gasteiger charge is 2.36. The van der Waals surface area contributed by atoms with E-state index in [9.17, 15) is 0 Å². The number of fused-ring (bicyclic) bond motifs is 6.